The van der Waals surface area contributed by atoms with E-state index < -0.39 is 0 Å². The van der Waals surface area contributed by atoms with E-state index in [1.54, 1.807) is 14.2 Å². The van der Waals surface area contributed by atoms with Crippen LogP contribution >= 0.6 is 0 Å². The van der Waals surface area contributed by atoms with Crippen LogP contribution in [0.15, 0.2) is 42.5 Å². The van der Waals surface area contributed by atoms with Crippen LogP contribution in [0.4, 0.5) is 5.69 Å². The molecule has 1 atom stereocenters. The van der Waals surface area contributed by atoms with Crippen LogP contribution in [-0.4, -0.2) is 14.2 Å². The lowest BCUT2D eigenvalue weighted by molar-refractivity contribution is 0.413. The van der Waals surface area contributed by atoms with Gasteiger partial charge in [0.15, 0.2) is 0 Å². The molecule has 1 aliphatic rings. The molecule has 1 aliphatic carbocycles. The molecule has 0 bridgehead atoms. The maximum atomic E-state index is 5.36. The number of ether oxygens (including phenoxy) is 2. The standard InChI is InChI=1S/C18H21NO2/c1-20-15-10-7-14(8-11-15)19-18-5-3-4-13-6-9-16(21-2)12-17(13)18/h6-12,18-19H,3-5H2,1-2H3. The third kappa shape index (κ3) is 2.97. The number of hydrogen-bond acceptors (Lipinski definition) is 3. The van der Waals surface area contributed by atoms with E-state index in [1.807, 2.05) is 12.1 Å². The molecule has 21 heavy (non-hydrogen) atoms. The van der Waals surface area contributed by atoms with Crippen molar-refractivity contribution in [2.75, 3.05) is 19.5 Å². The summed E-state index contributed by atoms with van der Waals surface area (Å²) < 4.78 is 10.6. The fourth-order valence-corrected chi connectivity index (χ4v) is 2.94. The average Bonchev–Trinajstić information content (AvgIpc) is 2.55. The maximum Gasteiger partial charge on any atom is 0.119 e. The number of rotatable bonds is 4. The molecule has 0 aromatic heterocycles. The van der Waals surface area contributed by atoms with Crippen molar-refractivity contribution in [2.45, 2.75) is 25.3 Å². The molecule has 0 radical (unpaired) electrons. The summed E-state index contributed by atoms with van der Waals surface area (Å²) in [5.74, 6) is 1.81. The fraction of sp³-hybridized carbons (Fsp3) is 0.333. The molecule has 3 nitrogen and oxygen atoms in total. The van der Waals surface area contributed by atoms with Crippen molar-refractivity contribution in [1.82, 2.24) is 0 Å². The van der Waals surface area contributed by atoms with Crippen LogP contribution in [0, 0.1) is 0 Å². The molecular formula is C18H21NO2. The Hall–Kier alpha value is -2.16. The minimum absolute atomic E-state index is 0.345. The van der Waals surface area contributed by atoms with Crippen LogP contribution in [0.1, 0.15) is 30.0 Å². The molecular weight excluding hydrogens is 262 g/mol. The second-order valence-corrected chi connectivity index (χ2v) is 5.38. The van der Waals surface area contributed by atoms with Crippen LogP contribution in [0.25, 0.3) is 0 Å². The summed E-state index contributed by atoms with van der Waals surface area (Å²) in [5.41, 5.74) is 3.90. The summed E-state index contributed by atoms with van der Waals surface area (Å²) in [7, 11) is 3.41. The number of aryl methyl sites for hydroxylation is 1. The van der Waals surface area contributed by atoms with E-state index in [9.17, 15) is 0 Å². The zero-order valence-electron chi connectivity index (χ0n) is 12.6. The van der Waals surface area contributed by atoms with Gasteiger partial charge < -0.3 is 14.8 Å². The van der Waals surface area contributed by atoms with Gasteiger partial charge >= 0.3 is 0 Å². The number of hydrogen-bond donors (Lipinski definition) is 1. The van der Waals surface area contributed by atoms with Crippen LogP contribution in [0.5, 0.6) is 11.5 Å². The first-order chi connectivity index (χ1) is 10.3. The van der Waals surface area contributed by atoms with Crippen molar-refractivity contribution in [3.8, 4) is 11.5 Å². The summed E-state index contributed by atoms with van der Waals surface area (Å²) in [4.78, 5) is 0. The Morgan fingerprint density at radius 1 is 0.952 bits per heavy atom. The van der Waals surface area contributed by atoms with Gasteiger partial charge in [0.25, 0.3) is 0 Å². The molecule has 110 valence electrons. The lowest BCUT2D eigenvalue weighted by atomic mass is 9.87. The Kier molecular flexibility index (Phi) is 4.00. The fourth-order valence-electron chi connectivity index (χ4n) is 2.94. The van der Waals surface area contributed by atoms with E-state index >= 15 is 0 Å². The minimum Gasteiger partial charge on any atom is -0.497 e. The summed E-state index contributed by atoms with van der Waals surface area (Å²) >= 11 is 0. The van der Waals surface area contributed by atoms with Crippen LogP contribution in [-0.2, 0) is 6.42 Å². The normalized spacial score (nSPS) is 17.0. The van der Waals surface area contributed by atoms with Crippen molar-refractivity contribution in [2.24, 2.45) is 0 Å². The summed E-state index contributed by atoms with van der Waals surface area (Å²) in [5, 5.41) is 3.63. The molecule has 0 aliphatic heterocycles. The van der Waals surface area contributed by atoms with Gasteiger partial charge in [-0.15, -0.1) is 0 Å². The molecule has 0 heterocycles. The largest absolute Gasteiger partial charge is 0.497 e. The highest BCUT2D eigenvalue weighted by atomic mass is 16.5. The molecule has 1 N–H and O–H groups in total. The van der Waals surface area contributed by atoms with Crippen LogP contribution in [0.3, 0.4) is 0 Å². The smallest absolute Gasteiger partial charge is 0.119 e. The molecule has 0 spiro atoms. The van der Waals surface area contributed by atoms with Crippen LogP contribution < -0.4 is 14.8 Å². The molecule has 2 aromatic rings. The topological polar surface area (TPSA) is 30.5 Å². The van der Waals surface area contributed by atoms with Crippen molar-refractivity contribution >= 4 is 5.69 Å². The minimum atomic E-state index is 0.345. The first-order valence-electron chi connectivity index (χ1n) is 7.37. The lowest BCUT2D eigenvalue weighted by Crippen LogP contribution is -2.17. The number of nitrogens with one attached hydrogen (secondary N) is 1. The Bertz CT molecular complexity index is 607. The van der Waals surface area contributed by atoms with Gasteiger partial charge in [0, 0.05) is 5.69 Å². The highest BCUT2D eigenvalue weighted by molar-refractivity contribution is 5.50. The number of anilines is 1. The van der Waals surface area contributed by atoms with Gasteiger partial charge in [-0.3, -0.25) is 0 Å². The summed E-state index contributed by atoms with van der Waals surface area (Å²) in [6.45, 7) is 0. The first-order valence-corrected chi connectivity index (χ1v) is 7.37. The third-order valence-corrected chi connectivity index (χ3v) is 4.10. The zero-order valence-corrected chi connectivity index (χ0v) is 12.6. The van der Waals surface area contributed by atoms with Gasteiger partial charge in [-0.2, -0.15) is 0 Å². The highest BCUT2D eigenvalue weighted by Crippen LogP contribution is 2.35. The predicted octanol–water partition coefficient (Wildman–Crippen LogP) is 4.19. The van der Waals surface area contributed by atoms with Crippen molar-refractivity contribution in [3.63, 3.8) is 0 Å². The van der Waals surface area contributed by atoms with Crippen molar-refractivity contribution < 1.29 is 9.47 Å². The van der Waals surface area contributed by atoms with E-state index in [2.05, 4.69) is 35.6 Å². The van der Waals surface area contributed by atoms with Gasteiger partial charge in [-0.25, -0.2) is 0 Å². The third-order valence-electron chi connectivity index (χ3n) is 4.10. The van der Waals surface area contributed by atoms with Gasteiger partial charge in [-0.05, 0) is 66.8 Å². The Morgan fingerprint density at radius 2 is 1.67 bits per heavy atom. The first kappa shape index (κ1) is 13.8. The van der Waals surface area contributed by atoms with Crippen molar-refractivity contribution in [1.29, 1.82) is 0 Å². The highest BCUT2D eigenvalue weighted by Gasteiger charge is 2.20. The molecule has 3 heteroatoms. The lowest BCUT2D eigenvalue weighted by Gasteiger charge is -2.27. The SMILES string of the molecule is COc1ccc(NC2CCCc3ccc(OC)cc32)cc1. The quantitative estimate of drug-likeness (QED) is 0.912. The Balaban J connectivity index is 1.83. The molecule has 0 saturated heterocycles. The van der Waals surface area contributed by atoms with E-state index in [1.165, 1.54) is 17.5 Å². The second kappa shape index (κ2) is 6.08. The molecule has 1 unspecified atom stereocenters. The average molecular weight is 283 g/mol. The molecule has 0 fully saturated rings. The maximum absolute atomic E-state index is 5.36. The van der Waals surface area contributed by atoms with Crippen molar-refractivity contribution in [3.05, 3.63) is 53.6 Å². The van der Waals surface area contributed by atoms with Crippen LogP contribution in [0.2, 0.25) is 0 Å². The van der Waals surface area contributed by atoms with E-state index in [-0.39, 0.29) is 0 Å². The number of fused-ring (bicyclic) bond motifs is 1. The number of methoxy groups -OCH3 is 2. The predicted molar refractivity (Wildman–Crippen MR) is 85.3 cm³/mol. The Labute approximate surface area is 125 Å². The number of benzene rings is 2. The Morgan fingerprint density at radius 3 is 2.38 bits per heavy atom. The van der Waals surface area contributed by atoms with E-state index in [0.29, 0.717) is 6.04 Å². The van der Waals surface area contributed by atoms with Gasteiger partial charge in [0.1, 0.15) is 11.5 Å². The van der Waals surface area contributed by atoms with E-state index in [4.69, 9.17) is 9.47 Å². The summed E-state index contributed by atoms with van der Waals surface area (Å²) in [6, 6.07) is 14.8. The second-order valence-electron chi connectivity index (χ2n) is 5.38. The van der Waals surface area contributed by atoms with Gasteiger partial charge in [0.2, 0.25) is 0 Å². The monoisotopic (exact) mass is 283 g/mol. The van der Waals surface area contributed by atoms with E-state index in [0.717, 1.165) is 30.0 Å². The molecule has 0 amide bonds. The molecule has 3 rings (SSSR count). The van der Waals surface area contributed by atoms with Gasteiger partial charge in [-0.1, -0.05) is 6.07 Å². The summed E-state index contributed by atoms with van der Waals surface area (Å²) in [6.07, 6.45) is 3.51. The molecule has 2 aromatic carbocycles. The molecule has 0 saturated carbocycles. The van der Waals surface area contributed by atoms with Gasteiger partial charge in [0.05, 0.1) is 20.3 Å². The zero-order chi connectivity index (χ0) is 14.7.